The second-order valence-electron chi connectivity index (χ2n) is 5.24. The van der Waals surface area contributed by atoms with Crippen molar-refractivity contribution >= 4 is 23.2 Å². The van der Waals surface area contributed by atoms with Crippen LogP contribution in [-0.2, 0) is 22.4 Å². The average molecular weight is 318 g/mol. The van der Waals surface area contributed by atoms with Crippen LogP contribution in [0.2, 0.25) is 0 Å². The largest absolute Gasteiger partial charge is 0.468 e. The van der Waals surface area contributed by atoms with E-state index in [0.717, 1.165) is 29.8 Å². The van der Waals surface area contributed by atoms with Gasteiger partial charge in [0.25, 0.3) is 5.91 Å². The van der Waals surface area contributed by atoms with Gasteiger partial charge in [0.1, 0.15) is 11.5 Å². The highest BCUT2D eigenvalue weighted by Gasteiger charge is 2.26. The number of fused-ring (bicyclic) bond motifs is 1. The van der Waals surface area contributed by atoms with Crippen LogP contribution in [0.1, 0.15) is 33.6 Å². The minimum absolute atomic E-state index is 0.106. The highest BCUT2D eigenvalue weighted by Crippen LogP contribution is 2.36. The lowest BCUT2D eigenvalue weighted by atomic mass is 9.95. The van der Waals surface area contributed by atoms with Crippen LogP contribution >= 0.6 is 11.3 Å². The Bertz CT molecular complexity index is 689. The number of ether oxygens (including phenoxy) is 1. The Morgan fingerprint density at radius 1 is 1.27 bits per heavy atom. The Labute approximate surface area is 132 Å². The van der Waals surface area contributed by atoms with E-state index in [0.29, 0.717) is 5.56 Å². The predicted octanol–water partition coefficient (Wildman–Crippen LogP) is 2.32. The SMILES string of the molecule is COC(=O)CNC(=O)c1c(-n2cccc2)sc2c1CCCC2. The van der Waals surface area contributed by atoms with Gasteiger partial charge in [-0.3, -0.25) is 9.59 Å². The molecular weight excluding hydrogens is 300 g/mol. The lowest BCUT2D eigenvalue weighted by Gasteiger charge is -2.13. The molecule has 0 aliphatic heterocycles. The van der Waals surface area contributed by atoms with Gasteiger partial charge in [0.05, 0.1) is 12.7 Å². The number of hydrogen-bond donors (Lipinski definition) is 1. The minimum Gasteiger partial charge on any atom is -0.468 e. The second-order valence-corrected chi connectivity index (χ2v) is 6.32. The lowest BCUT2D eigenvalue weighted by molar-refractivity contribution is -0.139. The van der Waals surface area contributed by atoms with E-state index in [1.165, 1.54) is 18.4 Å². The summed E-state index contributed by atoms with van der Waals surface area (Å²) in [5.41, 5.74) is 1.85. The number of aromatic nitrogens is 1. The number of carbonyl (C=O) groups excluding carboxylic acids is 2. The number of methoxy groups -OCH3 is 1. The first-order valence-electron chi connectivity index (χ1n) is 7.33. The maximum absolute atomic E-state index is 12.6. The number of aryl methyl sites for hydroxylation is 1. The van der Waals surface area contributed by atoms with Gasteiger partial charge in [0, 0.05) is 17.3 Å². The summed E-state index contributed by atoms with van der Waals surface area (Å²) in [7, 11) is 1.31. The quantitative estimate of drug-likeness (QED) is 0.880. The van der Waals surface area contributed by atoms with Crippen molar-refractivity contribution in [3.8, 4) is 5.00 Å². The van der Waals surface area contributed by atoms with Crippen molar-refractivity contribution < 1.29 is 14.3 Å². The molecule has 0 bridgehead atoms. The maximum atomic E-state index is 12.6. The summed E-state index contributed by atoms with van der Waals surface area (Å²) in [5, 5.41) is 3.60. The molecule has 0 atom stereocenters. The van der Waals surface area contributed by atoms with Gasteiger partial charge in [-0.25, -0.2) is 0 Å². The Morgan fingerprint density at radius 2 is 2.00 bits per heavy atom. The fraction of sp³-hybridized carbons (Fsp3) is 0.375. The van der Waals surface area contributed by atoms with Crippen molar-refractivity contribution in [2.24, 2.45) is 0 Å². The zero-order valence-corrected chi connectivity index (χ0v) is 13.2. The number of hydrogen-bond acceptors (Lipinski definition) is 4. The van der Waals surface area contributed by atoms with E-state index >= 15 is 0 Å². The van der Waals surface area contributed by atoms with E-state index in [4.69, 9.17) is 0 Å². The topological polar surface area (TPSA) is 60.3 Å². The summed E-state index contributed by atoms with van der Waals surface area (Å²) >= 11 is 1.67. The molecule has 6 heteroatoms. The standard InChI is InChI=1S/C16H18N2O3S/c1-21-13(19)10-17-15(20)14-11-6-2-3-7-12(11)22-16(14)18-8-4-5-9-18/h4-5,8-9H,2-3,6-7,10H2,1H3,(H,17,20). The third kappa shape index (κ3) is 2.78. The van der Waals surface area contributed by atoms with Gasteiger partial charge >= 0.3 is 5.97 Å². The molecule has 1 aliphatic rings. The van der Waals surface area contributed by atoms with Gasteiger partial charge in [0.15, 0.2) is 0 Å². The van der Waals surface area contributed by atoms with Crippen molar-refractivity contribution in [3.05, 3.63) is 40.5 Å². The predicted molar refractivity (Wildman–Crippen MR) is 84.6 cm³/mol. The molecule has 0 saturated heterocycles. The average Bonchev–Trinajstić information content (AvgIpc) is 3.18. The van der Waals surface area contributed by atoms with Crippen LogP contribution in [0.3, 0.4) is 0 Å². The molecule has 0 fully saturated rings. The number of amides is 1. The van der Waals surface area contributed by atoms with Crippen LogP contribution < -0.4 is 5.32 Å². The number of rotatable bonds is 4. The zero-order chi connectivity index (χ0) is 15.5. The second kappa shape index (κ2) is 6.36. The molecule has 1 amide bonds. The van der Waals surface area contributed by atoms with Crippen LogP contribution in [0.25, 0.3) is 5.00 Å². The highest BCUT2D eigenvalue weighted by molar-refractivity contribution is 7.15. The summed E-state index contributed by atoms with van der Waals surface area (Å²) in [5.74, 6) is -0.645. The van der Waals surface area contributed by atoms with E-state index in [9.17, 15) is 9.59 Å². The molecule has 2 heterocycles. The highest BCUT2D eigenvalue weighted by atomic mass is 32.1. The molecule has 1 aliphatic carbocycles. The Balaban J connectivity index is 1.95. The fourth-order valence-corrected chi connectivity index (χ4v) is 4.10. The molecule has 116 valence electrons. The number of nitrogens with zero attached hydrogens (tertiary/aromatic N) is 1. The molecule has 2 aromatic rings. The summed E-state index contributed by atoms with van der Waals surface area (Å²) < 4.78 is 6.55. The van der Waals surface area contributed by atoms with Crippen LogP contribution in [0.15, 0.2) is 24.5 Å². The molecule has 1 N–H and O–H groups in total. The smallest absolute Gasteiger partial charge is 0.325 e. The molecule has 5 nitrogen and oxygen atoms in total. The first-order valence-corrected chi connectivity index (χ1v) is 8.15. The monoisotopic (exact) mass is 318 g/mol. The molecule has 3 rings (SSSR count). The maximum Gasteiger partial charge on any atom is 0.325 e. The first-order chi connectivity index (χ1) is 10.7. The molecule has 2 aromatic heterocycles. The summed E-state index contributed by atoms with van der Waals surface area (Å²) in [6.45, 7) is -0.106. The summed E-state index contributed by atoms with van der Waals surface area (Å²) in [6, 6.07) is 3.88. The molecule has 0 spiro atoms. The van der Waals surface area contributed by atoms with Crippen LogP contribution in [0.4, 0.5) is 0 Å². The van der Waals surface area contributed by atoms with Gasteiger partial charge < -0.3 is 14.6 Å². The van der Waals surface area contributed by atoms with E-state index in [-0.39, 0.29) is 12.5 Å². The Hall–Kier alpha value is -2.08. The van der Waals surface area contributed by atoms with Gasteiger partial charge in [-0.2, -0.15) is 0 Å². The number of thiophene rings is 1. The van der Waals surface area contributed by atoms with Gasteiger partial charge in [-0.15, -0.1) is 11.3 Å². The molecule has 0 unspecified atom stereocenters. The molecular formula is C16H18N2O3S. The van der Waals surface area contributed by atoms with Gasteiger partial charge in [-0.1, -0.05) is 0 Å². The van der Waals surface area contributed by atoms with E-state index in [1.807, 2.05) is 29.1 Å². The van der Waals surface area contributed by atoms with Crippen LogP contribution in [0.5, 0.6) is 0 Å². The van der Waals surface area contributed by atoms with E-state index in [2.05, 4.69) is 10.1 Å². The number of carbonyl (C=O) groups is 2. The number of nitrogens with one attached hydrogen (secondary N) is 1. The molecule has 0 aromatic carbocycles. The lowest BCUT2D eigenvalue weighted by Crippen LogP contribution is -2.31. The molecule has 0 radical (unpaired) electrons. The summed E-state index contributed by atoms with van der Waals surface area (Å²) in [4.78, 5) is 25.1. The number of esters is 1. The van der Waals surface area contributed by atoms with E-state index in [1.54, 1.807) is 11.3 Å². The Morgan fingerprint density at radius 3 is 2.73 bits per heavy atom. The first kappa shape index (κ1) is 14.8. The van der Waals surface area contributed by atoms with Crippen molar-refractivity contribution in [1.29, 1.82) is 0 Å². The molecule has 22 heavy (non-hydrogen) atoms. The third-order valence-electron chi connectivity index (χ3n) is 3.84. The van der Waals surface area contributed by atoms with Crippen LogP contribution in [-0.4, -0.2) is 30.1 Å². The fourth-order valence-electron chi connectivity index (χ4n) is 2.75. The zero-order valence-electron chi connectivity index (χ0n) is 12.4. The third-order valence-corrected chi connectivity index (χ3v) is 5.14. The van der Waals surface area contributed by atoms with E-state index < -0.39 is 5.97 Å². The molecule has 0 saturated carbocycles. The van der Waals surface area contributed by atoms with Crippen molar-refractivity contribution in [2.75, 3.05) is 13.7 Å². The van der Waals surface area contributed by atoms with Crippen molar-refractivity contribution in [3.63, 3.8) is 0 Å². The van der Waals surface area contributed by atoms with Gasteiger partial charge in [-0.05, 0) is 43.4 Å². The van der Waals surface area contributed by atoms with Crippen LogP contribution in [0, 0.1) is 0 Å². The summed E-state index contributed by atoms with van der Waals surface area (Å²) in [6.07, 6.45) is 8.10. The minimum atomic E-state index is -0.444. The normalized spacial score (nSPS) is 13.5. The Kier molecular flexibility index (Phi) is 4.29. The van der Waals surface area contributed by atoms with Crippen molar-refractivity contribution in [1.82, 2.24) is 9.88 Å². The van der Waals surface area contributed by atoms with Crippen molar-refractivity contribution in [2.45, 2.75) is 25.7 Å². The van der Waals surface area contributed by atoms with Gasteiger partial charge in [0.2, 0.25) is 0 Å².